The first-order valence-electron chi connectivity index (χ1n) is 3.38. The molecule has 0 saturated heterocycles. The maximum atomic E-state index is 10.8. The number of nitrogens with zero attached hydrogens (tertiary/aromatic N) is 1. The van der Waals surface area contributed by atoms with Gasteiger partial charge >= 0.3 is 29.6 Å². The van der Waals surface area contributed by atoms with Crippen LogP contribution in [0, 0.1) is 0 Å². The summed E-state index contributed by atoms with van der Waals surface area (Å²) in [6.07, 6.45) is 1.68. The van der Waals surface area contributed by atoms with Gasteiger partial charge in [0.25, 0.3) is 0 Å². The van der Waals surface area contributed by atoms with Crippen molar-refractivity contribution in [1.29, 1.82) is 0 Å². The van der Waals surface area contributed by atoms with E-state index in [1.54, 1.807) is 18.3 Å². The molecular formula is C9H6NNaO. The summed E-state index contributed by atoms with van der Waals surface area (Å²) in [5.74, 6) is 0.0104. The van der Waals surface area contributed by atoms with Crippen LogP contribution in [-0.2, 0) is 0 Å². The van der Waals surface area contributed by atoms with Gasteiger partial charge < -0.3 is 5.11 Å². The third kappa shape index (κ3) is 1.78. The van der Waals surface area contributed by atoms with Crippen LogP contribution in [0.25, 0.3) is 10.9 Å². The fraction of sp³-hybridized carbons (Fsp3) is 0. The largest absolute Gasteiger partial charge is 1.00 e. The van der Waals surface area contributed by atoms with Gasteiger partial charge in [0.05, 0.1) is 5.52 Å². The summed E-state index contributed by atoms with van der Waals surface area (Å²) in [5, 5.41) is 11.9. The maximum absolute atomic E-state index is 10.8. The first-order valence-corrected chi connectivity index (χ1v) is 3.38. The zero-order chi connectivity index (χ0) is 7.68. The van der Waals surface area contributed by atoms with Crippen molar-refractivity contribution >= 4 is 10.9 Å². The Morgan fingerprint density at radius 3 is 2.83 bits per heavy atom. The molecule has 1 heterocycles. The summed E-state index contributed by atoms with van der Waals surface area (Å²) in [6, 6.07) is 8.65. The smallest absolute Gasteiger partial charge is 0.872 e. The van der Waals surface area contributed by atoms with Crippen LogP contribution >= 0.6 is 0 Å². The zero-order valence-electron chi connectivity index (χ0n) is 6.82. The third-order valence-corrected chi connectivity index (χ3v) is 1.58. The van der Waals surface area contributed by atoms with Crippen molar-refractivity contribution in [2.45, 2.75) is 0 Å². The maximum Gasteiger partial charge on any atom is 1.00 e. The Kier molecular flexibility index (Phi) is 3.09. The number of pyridine rings is 1. The average molecular weight is 167 g/mol. The van der Waals surface area contributed by atoms with Gasteiger partial charge in [0.15, 0.2) is 0 Å². The van der Waals surface area contributed by atoms with Crippen molar-refractivity contribution in [2.24, 2.45) is 0 Å². The van der Waals surface area contributed by atoms with Crippen molar-refractivity contribution in [3.05, 3.63) is 36.5 Å². The van der Waals surface area contributed by atoms with Gasteiger partial charge in [0, 0.05) is 11.6 Å². The minimum Gasteiger partial charge on any atom is -0.872 e. The number of hydrogen-bond donors (Lipinski definition) is 0. The standard InChI is InChI=1S/C9H7NO.Na/c11-8-4-3-7-2-1-5-10-9(7)6-8;/h1-6,11H;/q;+1/p-1. The number of hydrogen-bond acceptors (Lipinski definition) is 2. The summed E-state index contributed by atoms with van der Waals surface area (Å²) in [7, 11) is 0. The van der Waals surface area contributed by atoms with Crippen LogP contribution in [0.1, 0.15) is 0 Å². The minimum absolute atomic E-state index is 0. The zero-order valence-corrected chi connectivity index (χ0v) is 8.82. The summed E-state index contributed by atoms with van der Waals surface area (Å²) in [6.45, 7) is 0. The fourth-order valence-corrected chi connectivity index (χ4v) is 1.05. The predicted molar refractivity (Wildman–Crippen MR) is 41.2 cm³/mol. The molecule has 0 fully saturated rings. The number of rotatable bonds is 0. The van der Waals surface area contributed by atoms with Gasteiger partial charge in [-0.05, 0) is 12.1 Å². The van der Waals surface area contributed by atoms with E-state index in [2.05, 4.69) is 4.98 Å². The van der Waals surface area contributed by atoms with Crippen LogP contribution < -0.4 is 34.7 Å². The second-order valence-electron chi connectivity index (χ2n) is 2.36. The molecule has 0 aliphatic heterocycles. The number of fused-ring (bicyclic) bond motifs is 1. The van der Waals surface area contributed by atoms with Gasteiger partial charge in [-0.3, -0.25) is 4.98 Å². The van der Waals surface area contributed by atoms with Crippen molar-refractivity contribution < 1.29 is 34.7 Å². The van der Waals surface area contributed by atoms with Crippen LogP contribution in [0.5, 0.6) is 5.75 Å². The third-order valence-electron chi connectivity index (χ3n) is 1.58. The minimum atomic E-state index is 0. The number of aromatic nitrogens is 1. The molecule has 2 nitrogen and oxygen atoms in total. The molecule has 0 unspecified atom stereocenters. The van der Waals surface area contributed by atoms with Gasteiger partial charge in [-0.25, -0.2) is 0 Å². The second kappa shape index (κ2) is 3.90. The first-order chi connectivity index (χ1) is 5.36. The van der Waals surface area contributed by atoms with E-state index in [1.807, 2.05) is 12.1 Å². The molecule has 0 N–H and O–H groups in total. The van der Waals surface area contributed by atoms with E-state index in [4.69, 9.17) is 0 Å². The monoisotopic (exact) mass is 167 g/mol. The van der Waals surface area contributed by atoms with E-state index >= 15 is 0 Å². The molecule has 54 valence electrons. The summed E-state index contributed by atoms with van der Waals surface area (Å²) >= 11 is 0. The van der Waals surface area contributed by atoms with E-state index in [-0.39, 0.29) is 35.3 Å². The Morgan fingerprint density at radius 2 is 2.00 bits per heavy atom. The molecule has 2 rings (SSSR count). The summed E-state index contributed by atoms with van der Waals surface area (Å²) < 4.78 is 0. The quantitative estimate of drug-likeness (QED) is 0.439. The Labute approximate surface area is 92.5 Å². The van der Waals surface area contributed by atoms with Crippen LogP contribution in [0.3, 0.4) is 0 Å². The molecule has 2 aromatic rings. The Bertz CT molecular complexity index is 389. The van der Waals surface area contributed by atoms with Gasteiger partial charge in [0.2, 0.25) is 0 Å². The molecule has 12 heavy (non-hydrogen) atoms. The van der Waals surface area contributed by atoms with Gasteiger partial charge in [-0.15, -0.1) is 5.75 Å². The van der Waals surface area contributed by atoms with E-state index in [1.165, 1.54) is 6.07 Å². The first kappa shape index (κ1) is 9.52. The molecule has 0 amide bonds. The Hall–Kier alpha value is -0.570. The normalized spacial score (nSPS) is 9.33. The Balaban J connectivity index is 0.000000720. The van der Waals surface area contributed by atoms with Gasteiger partial charge in [0.1, 0.15) is 0 Å². The van der Waals surface area contributed by atoms with Crippen molar-refractivity contribution in [3.63, 3.8) is 0 Å². The summed E-state index contributed by atoms with van der Waals surface area (Å²) in [5.41, 5.74) is 0.764. The molecule has 1 aromatic heterocycles. The molecule has 0 saturated carbocycles. The average Bonchev–Trinajstić information content (AvgIpc) is 2.04. The van der Waals surface area contributed by atoms with E-state index in [0.29, 0.717) is 0 Å². The van der Waals surface area contributed by atoms with Crippen molar-refractivity contribution in [2.75, 3.05) is 0 Å². The molecule has 0 spiro atoms. The fourth-order valence-electron chi connectivity index (χ4n) is 1.05. The van der Waals surface area contributed by atoms with Crippen LogP contribution in [0.4, 0.5) is 0 Å². The van der Waals surface area contributed by atoms with Crippen LogP contribution in [-0.4, -0.2) is 4.98 Å². The Morgan fingerprint density at radius 1 is 1.17 bits per heavy atom. The molecular weight excluding hydrogens is 161 g/mol. The summed E-state index contributed by atoms with van der Waals surface area (Å²) in [4.78, 5) is 4.04. The van der Waals surface area contributed by atoms with Crippen molar-refractivity contribution in [1.82, 2.24) is 4.98 Å². The van der Waals surface area contributed by atoms with E-state index < -0.39 is 0 Å². The second-order valence-corrected chi connectivity index (χ2v) is 2.36. The molecule has 0 atom stereocenters. The molecule has 1 aromatic carbocycles. The molecule has 0 aliphatic carbocycles. The van der Waals surface area contributed by atoms with Crippen molar-refractivity contribution in [3.8, 4) is 5.75 Å². The SMILES string of the molecule is [Na+].[O-]c1ccc2cccnc2c1. The predicted octanol–water partition coefficient (Wildman–Crippen LogP) is -1.69. The van der Waals surface area contributed by atoms with Crippen LogP contribution in [0.15, 0.2) is 36.5 Å². The molecule has 3 heteroatoms. The molecule has 0 bridgehead atoms. The molecule has 0 radical (unpaired) electrons. The topological polar surface area (TPSA) is 36.0 Å². The van der Waals surface area contributed by atoms with Gasteiger partial charge in [-0.2, -0.15) is 0 Å². The molecule has 0 aliphatic rings. The van der Waals surface area contributed by atoms with E-state index in [9.17, 15) is 5.11 Å². The van der Waals surface area contributed by atoms with Gasteiger partial charge in [-0.1, -0.05) is 18.2 Å². The number of benzene rings is 1. The van der Waals surface area contributed by atoms with E-state index in [0.717, 1.165) is 10.9 Å². The van der Waals surface area contributed by atoms with Crippen LogP contribution in [0.2, 0.25) is 0 Å².